The highest BCUT2D eigenvalue weighted by molar-refractivity contribution is 7.09. The highest BCUT2D eigenvalue weighted by Gasteiger charge is 2.07. The van der Waals surface area contributed by atoms with E-state index in [1.54, 1.807) is 11.3 Å². The molecular formula is C16H23N3OS. The fraction of sp³-hybridized carbons (Fsp3) is 0.438. The monoisotopic (exact) mass is 305 g/mol. The normalized spacial score (nSPS) is 11.0. The van der Waals surface area contributed by atoms with Crippen molar-refractivity contribution in [3.63, 3.8) is 0 Å². The van der Waals surface area contributed by atoms with Crippen molar-refractivity contribution in [1.82, 2.24) is 9.88 Å². The molecule has 0 atom stereocenters. The molecule has 5 heteroatoms. The summed E-state index contributed by atoms with van der Waals surface area (Å²) in [6.45, 7) is 3.67. The van der Waals surface area contributed by atoms with Gasteiger partial charge in [0.15, 0.2) is 0 Å². The number of anilines is 1. The number of nitrogens with two attached hydrogens (primary N) is 1. The van der Waals surface area contributed by atoms with Gasteiger partial charge in [-0.05, 0) is 45.1 Å². The smallest absolute Gasteiger partial charge is 0.142 e. The summed E-state index contributed by atoms with van der Waals surface area (Å²) in [5.74, 6) is 0.740. The van der Waals surface area contributed by atoms with Gasteiger partial charge in [-0.2, -0.15) is 0 Å². The minimum absolute atomic E-state index is 0.633. The molecule has 1 aromatic carbocycles. The summed E-state index contributed by atoms with van der Waals surface area (Å²) in [6.07, 6.45) is 2.15. The van der Waals surface area contributed by atoms with Crippen LogP contribution in [-0.2, 0) is 6.42 Å². The first-order valence-corrected chi connectivity index (χ1v) is 8.10. The Hall–Kier alpha value is -1.59. The molecule has 2 aromatic rings. The van der Waals surface area contributed by atoms with Crippen LogP contribution in [0.25, 0.3) is 11.3 Å². The number of aromatic nitrogens is 1. The molecule has 0 unspecified atom stereocenters. The van der Waals surface area contributed by atoms with Crippen LogP contribution in [0.4, 0.5) is 5.69 Å². The molecular weight excluding hydrogens is 282 g/mol. The number of ether oxygens (including phenoxy) is 1. The molecule has 0 saturated carbocycles. The van der Waals surface area contributed by atoms with Crippen LogP contribution >= 0.6 is 11.3 Å². The van der Waals surface area contributed by atoms with Gasteiger partial charge in [0.1, 0.15) is 12.4 Å². The molecule has 0 fully saturated rings. The second-order valence-corrected chi connectivity index (χ2v) is 6.22. The standard InChI is InChI=1S/C16H23N3OS/c1-4-5-16-18-14(11-21-16)12-6-7-15(13(17)10-12)20-9-8-19(2)3/h6-7,10-11H,4-5,8-9,17H2,1-3H3. The average molecular weight is 305 g/mol. The Bertz CT molecular complexity index is 581. The fourth-order valence-corrected chi connectivity index (χ4v) is 2.86. The number of hydrogen-bond donors (Lipinski definition) is 1. The number of nitrogen functional groups attached to an aromatic ring is 1. The largest absolute Gasteiger partial charge is 0.490 e. The van der Waals surface area contributed by atoms with Crippen molar-refractivity contribution in [3.05, 3.63) is 28.6 Å². The van der Waals surface area contributed by atoms with E-state index in [2.05, 4.69) is 22.2 Å². The van der Waals surface area contributed by atoms with Crippen LogP contribution in [-0.4, -0.2) is 37.1 Å². The lowest BCUT2D eigenvalue weighted by atomic mass is 10.1. The number of benzene rings is 1. The van der Waals surface area contributed by atoms with Gasteiger partial charge in [0, 0.05) is 17.5 Å². The molecule has 4 nitrogen and oxygen atoms in total. The van der Waals surface area contributed by atoms with Crippen LogP contribution in [0.1, 0.15) is 18.4 Å². The number of aryl methyl sites for hydroxylation is 1. The van der Waals surface area contributed by atoms with E-state index in [0.29, 0.717) is 12.3 Å². The van der Waals surface area contributed by atoms with E-state index in [4.69, 9.17) is 10.5 Å². The lowest BCUT2D eigenvalue weighted by Gasteiger charge is -2.13. The van der Waals surface area contributed by atoms with Gasteiger partial charge in [-0.15, -0.1) is 11.3 Å². The lowest BCUT2D eigenvalue weighted by molar-refractivity contribution is 0.262. The van der Waals surface area contributed by atoms with E-state index in [9.17, 15) is 0 Å². The van der Waals surface area contributed by atoms with Crippen LogP contribution in [0.15, 0.2) is 23.6 Å². The summed E-state index contributed by atoms with van der Waals surface area (Å²) >= 11 is 1.71. The minimum atomic E-state index is 0.633. The van der Waals surface area contributed by atoms with E-state index >= 15 is 0 Å². The van der Waals surface area contributed by atoms with Crippen molar-refractivity contribution in [2.75, 3.05) is 33.0 Å². The van der Waals surface area contributed by atoms with Crippen molar-refractivity contribution in [2.45, 2.75) is 19.8 Å². The molecule has 114 valence electrons. The fourth-order valence-electron chi connectivity index (χ4n) is 1.95. The number of rotatable bonds is 7. The molecule has 1 aromatic heterocycles. The SMILES string of the molecule is CCCc1nc(-c2ccc(OCCN(C)C)c(N)c2)cs1. The molecule has 2 N–H and O–H groups in total. The van der Waals surface area contributed by atoms with Crippen LogP contribution in [0.2, 0.25) is 0 Å². The molecule has 21 heavy (non-hydrogen) atoms. The summed E-state index contributed by atoms with van der Waals surface area (Å²) in [5.41, 5.74) is 8.78. The van der Waals surface area contributed by atoms with Crippen LogP contribution in [0.3, 0.4) is 0 Å². The molecule has 0 radical (unpaired) electrons. The third-order valence-corrected chi connectivity index (χ3v) is 4.03. The Morgan fingerprint density at radius 3 is 2.81 bits per heavy atom. The molecule has 2 rings (SSSR count). The number of thiazole rings is 1. The summed E-state index contributed by atoms with van der Waals surface area (Å²) in [5, 5.41) is 3.27. The summed E-state index contributed by atoms with van der Waals surface area (Å²) in [4.78, 5) is 6.72. The van der Waals surface area contributed by atoms with Crippen molar-refractivity contribution >= 4 is 17.0 Å². The van der Waals surface area contributed by atoms with E-state index in [1.165, 1.54) is 5.01 Å². The number of hydrogen-bond acceptors (Lipinski definition) is 5. The number of likely N-dealkylation sites (N-methyl/N-ethyl adjacent to an activating group) is 1. The first-order chi connectivity index (χ1) is 10.1. The first kappa shape index (κ1) is 15.8. The molecule has 0 spiro atoms. The number of nitrogens with zero attached hydrogens (tertiary/aromatic N) is 2. The summed E-state index contributed by atoms with van der Waals surface area (Å²) < 4.78 is 5.70. The Morgan fingerprint density at radius 1 is 1.33 bits per heavy atom. The van der Waals surface area contributed by atoms with Crippen molar-refractivity contribution < 1.29 is 4.74 Å². The molecule has 0 amide bonds. The zero-order chi connectivity index (χ0) is 15.2. The molecule has 1 heterocycles. The van der Waals surface area contributed by atoms with Gasteiger partial charge in [-0.1, -0.05) is 6.92 Å². The predicted octanol–water partition coefficient (Wildman–Crippen LogP) is 3.29. The lowest BCUT2D eigenvalue weighted by Crippen LogP contribution is -2.19. The molecule has 0 aliphatic carbocycles. The van der Waals surface area contributed by atoms with E-state index in [1.807, 2.05) is 32.3 Å². The summed E-state index contributed by atoms with van der Waals surface area (Å²) in [6, 6.07) is 5.89. The van der Waals surface area contributed by atoms with Crippen LogP contribution in [0, 0.1) is 0 Å². The Kier molecular flexibility index (Phi) is 5.59. The van der Waals surface area contributed by atoms with E-state index < -0.39 is 0 Å². The predicted molar refractivity (Wildman–Crippen MR) is 90.0 cm³/mol. The van der Waals surface area contributed by atoms with E-state index in [-0.39, 0.29) is 0 Å². The quantitative estimate of drug-likeness (QED) is 0.798. The van der Waals surface area contributed by atoms with Crippen LogP contribution < -0.4 is 10.5 Å². The Morgan fingerprint density at radius 2 is 2.14 bits per heavy atom. The molecule has 0 aliphatic rings. The Labute approximate surface area is 130 Å². The third kappa shape index (κ3) is 4.44. The maximum Gasteiger partial charge on any atom is 0.142 e. The van der Waals surface area contributed by atoms with Gasteiger partial charge in [0.05, 0.1) is 16.4 Å². The molecule has 0 bridgehead atoms. The topological polar surface area (TPSA) is 51.4 Å². The first-order valence-electron chi connectivity index (χ1n) is 7.22. The highest BCUT2D eigenvalue weighted by Crippen LogP contribution is 2.29. The van der Waals surface area contributed by atoms with Gasteiger partial charge >= 0.3 is 0 Å². The van der Waals surface area contributed by atoms with Gasteiger partial charge < -0.3 is 15.4 Å². The zero-order valence-electron chi connectivity index (χ0n) is 12.9. The second kappa shape index (κ2) is 7.43. The van der Waals surface area contributed by atoms with Gasteiger partial charge in [-0.25, -0.2) is 4.98 Å². The van der Waals surface area contributed by atoms with Crippen molar-refractivity contribution in [3.8, 4) is 17.0 Å². The third-order valence-electron chi connectivity index (χ3n) is 3.12. The van der Waals surface area contributed by atoms with E-state index in [0.717, 1.165) is 36.4 Å². The maximum absolute atomic E-state index is 6.08. The zero-order valence-corrected chi connectivity index (χ0v) is 13.7. The minimum Gasteiger partial charge on any atom is -0.490 e. The second-order valence-electron chi connectivity index (χ2n) is 5.28. The van der Waals surface area contributed by atoms with Gasteiger partial charge in [0.2, 0.25) is 0 Å². The van der Waals surface area contributed by atoms with Crippen molar-refractivity contribution in [1.29, 1.82) is 0 Å². The highest BCUT2D eigenvalue weighted by atomic mass is 32.1. The molecule has 0 aliphatic heterocycles. The summed E-state index contributed by atoms with van der Waals surface area (Å²) in [7, 11) is 4.04. The average Bonchev–Trinajstić information content (AvgIpc) is 2.89. The molecule has 0 saturated heterocycles. The maximum atomic E-state index is 6.08. The Balaban J connectivity index is 2.06. The van der Waals surface area contributed by atoms with Gasteiger partial charge in [0.25, 0.3) is 0 Å². The van der Waals surface area contributed by atoms with Crippen molar-refractivity contribution in [2.24, 2.45) is 0 Å². The van der Waals surface area contributed by atoms with Gasteiger partial charge in [-0.3, -0.25) is 0 Å². The van der Waals surface area contributed by atoms with Crippen LogP contribution in [0.5, 0.6) is 5.75 Å².